The van der Waals surface area contributed by atoms with E-state index in [1.165, 1.54) is 18.5 Å². The quantitative estimate of drug-likeness (QED) is 0.699. The Balaban J connectivity index is 2.03. The summed E-state index contributed by atoms with van der Waals surface area (Å²) in [6, 6.07) is 8.22. The van der Waals surface area contributed by atoms with Gasteiger partial charge in [-0.15, -0.1) is 0 Å². The highest BCUT2D eigenvalue weighted by Crippen LogP contribution is 2.29. The standard InChI is InChI=1S/C13H7BrFNO2/c14-8-3-4-9(10(15)6-8)12-7-16-13(18-12)11-2-1-5-17-11/h1-7H. The summed E-state index contributed by atoms with van der Waals surface area (Å²) in [6.45, 7) is 0. The van der Waals surface area contributed by atoms with Gasteiger partial charge >= 0.3 is 0 Å². The number of oxazole rings is 1. The Morgan fingerprint density at radius 1 is 1.17 bits per heavy atom. The van der Waals surface area contributed by atoms with Gasteiger partial charge < -0.3 is 8.83 Å². The molecule has 0 spiro atoms. The molecule has 2 aromatic heterocycles. The van der Waals surface area contributed by atoms with Crippen LogP contribution in [0.25, 0.3) is 23.0 Å². The van der Waals surface area contributed by atoms with Gasteiger partial charge in [-0.1, -0.05) is 15.9 Å². The zero-order valence-corrected chi connectivity index (χ0v) is 10.6. The van der Waals surface area contributed by atoms with E-state index in [1.807, 2.05) is 0 Å². The summed E-state index contributed by atoms with van der Waals surface area (Å²) < 4.78 is 25.1. The van der Waals surface area contributed by atoms with Gasteiger partial charge in [0.15, 0.2) is 11.5 Å². The molecule has 0 fully saturated rings. The number of furan rings is 1. The van der Waals surface area contributed by atoms with E-state index in [4.69, 9.17) is 8.83 Å². The van der Waals surface area contributed by atoms with Crippen LogP contribution < -0.4 is 0 Å². The van der Waals surface area contributed by atoms with Gasteiger partial charge in [-0.2, -0.15) is 0 Å². The van der Waals surface area contributed by atoms with Gasteiger partial charge in [0.25, 0.3) is 5.89 Å². The Kier molecular flexibility index (Phi) is 2.76. The van der Waals surface area contributed by atoms with Crippen molar-refractivity contribution in [2.75, 3.05) is 0 Å². The van der Waals surface area contributed by atoms with Crippen LogP contribution in [0.5, 0.6) is 0 Å². The van der Waals surface area contributed by atoms with Crippen molar-refractivity contribution in [2.45, 2.75) is 0 Å². The molecule has 3 aromatic rings. The van der Waals surface area contributed by atoms with Gasteiger partial charge in [-0.25, -0.2) is 9.37 Å². The van der Waals surface area contributed by atoms with Crippen molar-refractivity contribution in [3.05, 3.63) is 53.1 Å². The lowest BCUT2D eigenvalue weighted by atomic mass is 10.2. The molecule has 0 saturated carbocycles. The molecule has 18 heavy (non-hydrogen) atoms. The van der Waals surface area contributed by atoms with Crippen molar-refractivity contribution in [2.24, 2.45) is 0 Å². The zero-order chi connectivity index (χ0) is 12.5. The number of hydrogen-bond donors (Lipinski definition) is 0. The molecule has 5 heteroatoms. The Morgan fingerprint density at radius 3 is 2.78 bits per heavy atom. The normalized spacial score (nSPS) is 10.8. The van der Waals surface area contributed by atoms with E-state index in [-0.39, 0.29) is 5.82 Å². The van der Waals surface area contributed by atoms with Crippen LogP contribution in [0.15, 0.2) is 56.1 Å². The molecule has 0 N–H and O–H groups in total. The van der Waals surface area contributed by atoms with Crippen LogP contribution in [-0.2, 0) is 0 Å². The summed E-state index contributed by atoms with van der Waals surface area (Å²) in [5, 5.41) is 0. The number of halogens is 2. The van der Waals surface area contributed by atoms with E-state index in [0.29, 0.717) is 27.4 Å². The van der Waals surface area contributed by atoms with Crippen LogP contribution >= 0.6 is 15.9 Å². The van der Waals surface area contributed by atoms with Gasteiger partial charge in [-0.3, -0.25) is 0 Å². The van der Waals surface area contributed by atoms with Crippen molar-refractivity contribution < 1.29 is 13.2 Å². The number of benzene rings is 1. The first-order chi connectivity index (χ1) is 8.74. The van der Waals surface area contributed by atoms with Crippen molar-refractivity contribution in [1.29, 1.82) is 0 Å². The molecule has 0 atom stereocenters. The van der Waals surface area contributed by atoms with Gasteiger partial charge in [0, 0.05) is 4.47 Å². The van der Waals surface area contributed by atoms with Crippen molar-refractivity contribution >= 4 is 15.9 Å². The van der Waals surface area contributed by atoms with E-state index in [1.54, 1.807) is 24.3 Å². The average Bonchev–Trinajstić information content (AvgIpc) is 2.99. The summed E-state index contributed by atoms with van der Waals surface area (Å²) in [4.78, 5) is 4.06. The summed E-state index contributed by atoms with van der Waals surface area (Å²) in [7, 11) is 0. The lowest BCUT2D eigenvalue weighted by molar-refractivity contribution is 0.521. The van der Waals surface area contributed by atoms with Crippen LogP contribution in [0.2, 0.25) is 0 Å². The molecule has 3 rings (SSSR count). The van der Waals surface area contributed by atoms with Crippen LogP contribution in [0.1, 0.15) is 0 Å². The maximum atomic E-state index is 13.7. The fraction of sp³-hybridized carbons (Fsp3) is 0. The van der Waals surface area contributed by atoms with Gasteiger partial charge in [0.2, 0.25) is 0 Å². The van der Waals surface area contributed by atoms with Gasteiger partial charge in [-0.05, 0) is 30.3 Å². The number of hydrogen-bond acceptors (Lipinski definition) is 3. The lowest BCUT2D eigenvalue weighted by Gasteiger charge is -1.98. The van der Waals surface area contributed by atoms with E-state index in [0.717, 1.165) is 0 Å². The molecule has 2 heterocycles. The highest BCUT2D eigenvalue weighted by Gasteiger charge is 2.13. The average molecular weight is 308 g/mol. The summed E-state index contributed by atoms with van der Waals surface area (Å²) in [5.41, 5.74) is 0.364. The van der Waals surface area contributed by atoms with E-state index < -0.39 is 0 Å². The van der Waals surface area contributed by atoms with Gasteiger partial charge in [0.1, 0.15) is 5.82 Å². The monoisotopic (exact) mass is 307 g/mol. The molecule has 0 aliphatic rings. The molecule has 0 amide bonds. The Labute approximate surface area is 110 Å². The van der Waals surface area contributed by atoms with Crippen LogP contribution in [0.4, 0.5) is 4.39 Å². The van der Waals surface area contributed by atoms with Crippen LogP contribution in [-0.4, -0.2) is 4.98 Å². The lowest BCUT2D eigenvalue weighted by Crippen LogP contribution is -1.81. The maximum absolute atomic E-state index is 13.7. The minimum Gasteiger partial charge on any atom is -0.459 e. The predicted molar refractivity (Wildman–Crippen MR) is 67.3 cm³/mol. The first-order valence-corrected chi connectivity index (χ1v) is 5.98. The second-order valence-corrected chi connectivity index (χ2v) is 4.55. The highest BCUT2D eigenvalue weighted by atomic mass is 79.9. The molecular formula is C13H7BrFNO2. The molecular weight excluding hydrogens is 301 g/mol. The van der Waals surface area contributed by atoms with Crippen molar-refractivity contribution in [3.8, 4) is 23.0 Å². The summed E-state index contributed by atoms with van der Waals surface area (Å²) >= 11 is 3.20. The Hall–Kier alpha value is -1.88. The van der Waals surface area contributed by atoms with Crippen molar-refractivity contribution in [3.63, 3.8) is 0 Å². The Bertz CT molecular complexity index is 676. The highest BCUT2D eigenvalue weighted by molar-refractivity contribution is 9.10. The van der Waals surface area contributed by atoms with Crippen molar-refractivity contribution in [1.82, 2.24) is 4.98 Å². The van der Waals surface area contributed by atoms with E-state index in [2.05, 4.69) is 20.9 Å². The smallest absolute Gasteiger partial charge is 0.263 e. The summed E-state index contributed by atoms with van der Waals surface area (Å²) in [6.07, 6.45) is 3.00. The molecule has 0 aliphatic heterocycles. The topological polar surface area (TPSA) is 39.2 Å². The zero-order valence-electron chi connectivity index (χ0n) is 9.06. The first-order valence-electron chi connectivity index (χ1n) is 5.19. The maximum Gasteiger partial charge on any atom is 0.263 e. The number of nitrogens with zero attached hydrogens (tertiary/aromatic N) is 1. The summed E-state index contributed by atoms with van der Waals surface area (Å²) in [5.74, 6) is 0.842. The third-order valence-electron chi connectivity index (χ3n) is 2.43. The second-order valence-electron chi connectivity index (χ2n) is 3.63. The predicted octanol–water partition coefficient (Wildman–Crippen LogP) is 4.50. The molecule has 0 saturated heterocycles. The molecule has 90 valence electrons. The largest absolute Gasteiger partial charge is 0.459 e. The molecule has 0 bridgehead atoms. The minimum absolute atomic E-state index is 0.331. The molecule has 3 nitrogen and oxygen atoms in total. The fourth-order valence-corrected chi connectivity index (χ4v) is 1.94. The molecule has 0 radical (unpaired) electrons. The molecule has 0 aliphatic carbocycles. The first kappa shape index (κ1) is 11.2. The number of rotatable bonds is 2. The molecule has 0 unspecified atom stereocenters. The van der Waals surface area contributed by atoms with E-state index >= 15 is 0 Å². The third-order valence-corrected chi connectivity index (χ3v) is 2.93. The third kappa shape index (κ3) is 1.97. The van der Waals surface area contributed by atoms with E-state index in [9.17, 15) is 4.39 Å². The SMILES string of the molecule is Fc1cc(Br)ccc1-c1cnc(-c2ccco2)o1. The minimum atomic E-state index is -0.369. The number of aromatic nitrogens is 1. The molecule has 1 aromatic carbocycles. The fourth-order valence-electron chi connectivity index (χ4n) is 1.60. The van der Waals surface area contributed by atoms with Crippen LogP contribution in [0, 0.1) is 5.82 Å². The van der Waals surface area contributed by atoms with Gasteiger partial charge in [0.05, 0.1) is 18.0 Å². The van der Waals surface area contributed by atoms with Crippen LogP contribution in [0.3, 0.4) is 0 Å². The Morgan fingerprint density at radius 2 is 2.06 bits per heavy atom. The second kappa shape index (κ2) is 4.42.